The van der Waals surface area contributed by atoms with Gasteiger partial charge in [-0.05, 0) is 36.4 Å². The Kier molecular flexibility index (Phi) is 12.9. The molecule has 5 aromatic rings. The predicted molar refractivity (Wildman–Crippen MR) is 157 cm³/mol. The number of aromatic nitrogens is 2. The predicted octanol–water partition coefficient (Wildman–Crippen LogP) is 11.6. The van der Waals surface area contributed by atoms with Crippen molar-refractivity contribution in [2.24, 2.45) is 0 Å². The van der Waals surface area contributed by atoms with Crippen LogP contribution in [-0.2, 0) is 20.1 Å². The first-order chi connectivity index (χ1) is 18.9. The Morgan fingerprint density at radius 3 is 1.52 bits per heavy atom. The second kappa shape index (κ2) is 14.8. The van der Waals surface area contributed by atoms with E-state index in [1.54, 1.807) is 18.6 Å². The Balaban J connectivity index is 0.000000293. The van der Waals surface area contributed by atoms with Gasteiger partial charge in [-0.25, -0.2) is 0 Å². The van der Waals surface area contributed by atoms with Gasteiger partial charge < -0.3 is 4.98 Å². The van der Waals surface area contributed by atoms with Gasteiger partial charge in [-0.2, -0.15) is 0 Å². The Morgan fingerprint density at radius 1 is 0.619 bits per heavy atom. The fraction of sp³-hybridized carbons (Fsp3) is 0.156. The molecule has 0 spiro atoms. The average Bonchev–Trinajstić information content (AvgIpc) is 3.12. The monoisotopic (exact) mass is 782 g/mol. The van der Waals surface area contributed by atoms with Crippen LogP contribution in [-0.4, -0.2) is 9.97 Å². The summed E-state index contributed by atoms with van der Waals surface area (Å²) in [6, 6.07) is 31.4. The molecule has 42 heavy (non-hydrogen) atoms. The van der Waals surface area contributed by atoms with Gasteiger partial charge in [-0.3, -0.25) is 4.98 Å². The van der Waals surface area contributed by atoms with Crippen molar-refractivity contribution < 1.29 is 45.3 Å². The van der Waals surface area contributed by atoms with Gasteiger partial charge in [0.25, 0.3) is 0 Å². The number of nitrogens with zero attached hydrogens (tertiary/aromatic N) is 2. The standard InChI is InChI=1S/C15H17.C11H8N.C6H7N.F6P.Ir/c1-10-11(2)13(4)15(12(10)3)14-8-6-5-7-9-14;1-2-6-10(7-3-1)11-8-4-5-9-12-11;1-6-2-4-7-5-3-6;1-7(2,3,4,5)6;/h5-9H,1-4H3;1-6,8-9H;2-5H,1H3;;/q2*-1;;-1;+3. The van der Waals surface area contributed by atoms with Gasteiger partial charge in [0.05, 0.1) is 0 Å². The van der Waals surface area contributed by atoms with E-state index in [0.717, 1.165) is 11.3 Å². The van der Waals surface area contributed by atoms with Crippen molar-refractivity contribution in [2.75, 3.05) is 0 Å². The fourth-order valence-electron chi connectivity index (χ4n) is 3.76. The largest absolute Gasteiger partial charge is 3.00 e. The van der Waals surface area contributed by atoms with Crippen LogP contribution in [0.5, 0.6) is 0 Å². The van der Waals surface area contributed by atoms with E-state index in [-0.39, 0.29) is 20.1 Å². The molecule has 0 bridgehead atoms. The maximum atomic E-state index is 9.87. The van der Waals surface area contributed by atoms with Gasteiger partial charge in [-0.1, -0.05) is 63.6 Å². The Hall–Kier alpha value is -3.25. The quantitative estimate of drug-likeness (QED) is 0.101. The van der Waals surface area contributed by atoms with Crippen molar-refractivity contribution in [3.63, 3.8) is 0 Å². The van der Waals surface area contributed by atoms with Crippen LogP contribution < -0.4 is 0 Å². The first-order valence-corrected chi connectivity index (χ1v) is 14.6. The van der Waals surface area contributed by atoms with Gasteiger partial charge >= 0.3 is 53.1 Å². The third-order valence-corrected chi connectivity index (χ3v) is 6.00. The number of hydrogen-bond donors (Lipinski definition) is 0. The van der Waals surface area contributed by atoms with Crippen LogP contribution in [0.2, 0.25) is 0 Å². The number of aryl methyl sites for hydroxylation is 1. The fourth-order valence-corrected chi connectivity index (χ4v) is 3.76. The van der Waals surface area contributed by atoms with E-state index in [9.17, 15) is 25.2 Å². The molecule has 0 saturated carbocycles. The zero-order valence-electron chi connectivity index (χ0n) is 23.8. The third-order valence-electron chi connectivity index (χ3n) is 6.00. The van der Waals surface area contributed by atoms with E-state index in [1.807, 2.05) is 61.5 Å². The van der Waals surface area contributed by atoms with Crippen molar-refractivity contribution in [3.8, 4) is 22.4 Å². The number of pyridine rings is 2. The molecular weight excluding hydrogens is 750 g/mol. The molecule has 0 radical (unpaired) electrons. The van der Waals surface area contributed by atoms with Crippen molar-refractivity contribution in [3.05, 3.63) is 137 Å². The van der Waals surface area contributed by atoms with Crippen LogP contribution in [0.25, 0.3) is 22.4 Å². The van der Waals surface area contributed by atoms with Gasteiger partial charge in [0.1, 0.15) is 0 Å². The Labute approximate surface area is 256 Å². The van der Waals surface area contributed by atoms with E-state index in [2.05, 4.69) is 74.1 Å². The second-order valence-corrected chi connectivity index (χ2v) is 11.1. The Bertz CT molecular complexity index is 1420. The number of benzene rings is 2. The van der Waals surface area contributed by atoms with E-state index >= 15 is 0 Å². The molecule has 0 aliphatic heterocycles. The van der Waals surface area contributed by atoms with Gasteiger partial charge in [0.2, 0.25) is 0 Å². The molecule has 2 nitrogen and oxygen atoms in total. The molecular formula is C32H32F6IrN2P. The molecule has 5 rings (SSSR count). The third kappa shape index (κ3) is 14.6. The van der Waals surface area contributed by atoms with Crippen molar-refractivity contribution in [1.82, 2.24) is 9.97 Å². The van der Waals surface area contributed by atoms with Crippen LogP contribution >= 0.6 is 7.81 Å². The molecule has 2 aromatic heterocycles. The van der Waals surface area contributed by atoms with E-state index in [4.69, 9.17) is 0 Å². The minimum Gasteiger partial charge on any atom is -0.305 e. The summed E-state index contributed by atoms with van der Waals surface area (Å²) < 4.78 is 59.2. The molecule has 0 saturated heterocycles. The van der Waals surface area contributed by atoms with E-state index in [0.29, 0.717) is 0 Å². The van der Waals surface area contributed by atoms with Crippen LogP contribution in [0.1, 0.15) is 27.8 Å². The summed E-state index contributed by atoms with van der Waals surface area (Å²) in [5.41, 5.74) is 11.8. The molecule has 0 unspecified atom stereocenters. The smallest absolute Gasteiger partial charge is 0.305 e. The van der Waals surface area contributed by atoms with Crippen molar-refractivity contribution >= 4 is 7.81 Å². The number of rotatable bonds is 2. The molecule has 0 amide bonds. The summed E-state index contributed by atoms with van der Waals surface area (Å²) in [5.74, 6) is 0. The summed E-state index contributed by atoms with van der Waals surface area (Å²) in [6.45, 7) is 10.9. The molecule has 2 heterocycles. The zero-order valence-corrected chi connectivity index (χ0v) is 27.0. The van der Waals surface area contributed by atoms with Crippen LogP contribution in [0, 0.1) is 40.7 Å². The molecule has 10 heteroatoms. The summed E-state index contributed by atoms with van der Waals surface area (Å²) >= 11 is 0. The maximum Gasteiger partial charge on any atom is 3.00 e. The van der Waals surface area contributed by atoms with Crippen molar-refractivity contribution in [2.45, 2.75) is 34.6 Å². The van der Waals surface area contributed by atoms with Gasteiger partial charge in [0, 0.05) is 18.6 Å². The molecule has 0 fully saturated rings. The topological polar surface area (TPSA) is 25.8 Å². The molecule has 0 aliphatic carbocycles. The van der Waals surface area contributed by atoms with Crippen LogP contribution in [0.3, 0.4) is 0 Å². The van der Waals surface area contributed by atoms with E-state index < -0.39 is 7.81 Å². The van der Waals surface area contributed by atoms with E-state index in [1.165, 1.54) is 38.9 Å². The molecule has 226 valence electrons. The molecule has 3 aromatic carbocycles. The summed E-state index contributed by atoms with van der Waals surface area (Å²) in [5, 5.41) is 0. The second-order valence-electron chi connectivity index (χ2n) is 9.22. The van der Waals surface area contributed by atoms with Crippen LogP contribution in [0.4, 0.5) is 25.2 Å². The molecule has 0 atom stereocenters. The molecule has 0 aliphatic rings. The minimum atomic E-state index is -10.7. The summed E-state index contributed by atoms with van der Waals surface area (Å²) in [7, 11) is -10.7. The number of hydrogen-bond acceptors (Lipinski definition) is 2. The SMILES string of the molecule is Cc1c(C)c(C)[c-](-c2ccccc2)c1C.Cc1ccncc1.F[P-](F)(F)(F)(F)F.[Ir+3].[c-]1ccccc1-c1ccccn1. The Morgan fingerprint density at radius 2 is 1.12 bits per heavy atom. The maximum absolute atomic E-state index is 10.7. The molecule has 0 N–H and O–H groups in total. The first kappa shape index (κ1) is 36.8. The van der Waals surface area contributed by atoms with Gasteiger partial charge in [-0.15, -0.1) is 75.8 Å². The van der Waals surface area contributed by atoms with Crippen LogP contribution in [0.15, 0.2) is 104 Å². The average molecular weight is 782 g/mol. The summed E-state index contributed by atoms with van der Waals surface area (Å²) in [4.78, 5) is 8.06. The summed E-state index contributed by atoms with van der Waals surface area (Å²) in [6.07, 6.45) is 5.36. The van der Waals surface area contributed by atoms with Crippen molar-refractivity contribution in [1.29, 1.82) is 0 Å². The first-order valence-electron chi connectivity index (χ1n) is 12.5. The zero-order chi connectivity index (χ0) is 30.7. The number of halogens is 6. The minimum absolute atomic E-state index is 0. The normalized spacial score (nSPS) is 11.9. The van der Waals surface area contributed by atoms with Gasteiger partial charge in [0.15, 0.2) is 0 Å².